The topological polar surface area (TPSA) is 294 Å². The molecule has 3 rings (SSSR count). The van der Waals surface area contributed by atoms with Crippen LogP contribution in [0.25, 0.3) is 0 Å². The first-order valence-corrected chi connectivity index (χ1v) is 14.9. The minimum Gasteiger partial charge on any atom is -0.394 e. The zero-order valence-electron chi connectivity index (χ0n) is 27.1. The fraction of sp³-hybridized carbons (Fsp3) is 0.323. The summed E-state index contributed by atoms with van der Waals surface area (Å²) in [6.07, 6.45) is 3.62. The van der Waals surface area contributed by atoms with Gasteiger partial charge in [-0.25, -0.2) is 0 Å². The summed E-state index contributed by atoms with van der Waals surface area (Å²) in [6.45, 7) is 1.57. The molecule has 3 atom stereocenters. The number of hydrogen-bond donors (Lipinski definition) is 10. The van der Waals surface area contributed by atoms with Gasteiger partial charge in [-0.1, -0.05) is 0 Å². The van der Waals surface area contributed by atoms with E-state index in [0.29, 0.717) is 0 Å². The number of hydrogen-bond acceptors (Lipinski definition) is 13. The van der Waals surface area contributed by atoms with Crippen molar-refractivity contribution in [3.05, 3.63) is 72.1 Å². The molecule has 3 aromatic heterocycles. The van der Waals surface area contributed by atoms with Gasteiger partial charge in [-0.05, 0) is 36.4 Å². The van der Waals surface area contributed by atoms with Crippen LogP contribution in [0, 0.1) is 0 Å². The lowest BCUT2D eigenvalue weighted by molar-refractivity contribution is -0.126. The van der Waals surface area contributed by atoms with Crippen molar-refractivity contribution in [3.8, 4) is 0 Å². The van der Waals surface area contributed by atoms with Gasteiger partial charge in [0.05, 0.1) is 72.6 Å². The van der Waals surface area contributed by atoms with Gasteiger partial charge < -0.3 is 52.3 Å². The molecule has 19 nitrogen and oxygen atoms in total. The van der Waals surface area contributed by atoms with Crippen LogP contribution in [-0.2, 0) is 34.4 Å². The smallest absolute Gasteiger partial charge is 0.249 e. The normalized spacial score (nSPS) is 12.8. The molecule has 10 N–H and O–H groups in total. The second-order valence-electron chi connectivity index (χ2n) is 10.8. The summed E-state index contributed by atoms with van der Waals surface area (Å²) >= 11 is 0. The van der Waals surface area contributed by atoms with Crippen LogP contribution < -0.4 is 31.9 Å². The average Bonchev–Trinajstić information content (AvgIpc) is 3.08. The summed E-state index contributed by atoms with van der Waals surface area (Å²) in [5, 5.41) is 55.1. The first-order chi connectivity index (χ1) is 23.7. The molecule has 0 aliphatic heterocycles. The molecule has 0 aromatic carbocycles. The van der Waals surface area contributed by atoms with E-state index < -0.39 is 79.0 Å². The standard InChI is InChI=1S/C31H37N9O10/c1-16(44)35-22(13-41)28(47)38-19-4-7-25(32-10-19)31(50,26-8-5-20(11-33-26)39-29(48)23(14-42)36-17(2)45)27-9-6-21(12-34-27)40-30(49)24(15-43)37-18(3)46/h4-12,22-24,41-43,50H,13-15H2,1-3H3,(H,35,44)(H,36,45)(H,37,46)(H,38,47)(H,39,48)(H,40,49)/t22-,23-,24-/m1/s1. The molecule has 6 amide bonds. The van der Waals surface area contributed by atoms with E-state index in [4.69, 9.17) is 0 Å². The molecule has 0 radical (unpaired) electrons. The largest absolute Gasteiger partial charge is 0.394 e. The first-order valence-electron chi connectivity index (χ1n) is 14.9. The molecule has 19 heteroatoms. The predicted octanol–water partition coefficient (Wildman–Crippen LogP) is -2.54. The Labute approximate surface area is 284 Å². The number of amides is 6. The van der Waals surface area contributed by atoms with E-state index in [1.807, 2.05) is 0 Å². The summed E-state index contributed by atoms with van der Waals surface area (Å²) in [6, 6.07) is 4.56. The number of rotatable bonds is 15. The Morgan fingerprint density at radius 1 is 0.540 bits per heavy atom. The van der Waals surface area contributed by atoms with Crippen molar-refractivity contribution >= 4 is 52.5 Å². The molecule has 0 aliphatic rings. The van der Waals surface area contributed by atoms with Crippen molar-refractivity contribution < 1.29 is 49.2 Å². The summed E-state index contributed by atoms with van der Waals surface area (Å²) in [5.41, 5.74) is -1.86. The second kappa shape index (κ2) is 17.5. The van der Waals surface area contributed by atoms with Crippen molar-refractivity contribution in [1.29, 1.82) is 0 Å². The van der Waals surface area contributed by atoms with Crippen LogP contribution in [-0.4, -0.2) is 109 Å². The molecule has 266 valence electrons. The van der Waals surface area contributed by atoms with Crippen molar-refractivity contribution in [1.82, 2.24) is 30.9 Å². The van der Waals surface area contributed by atoms with Crippen LogP contribution in [0.2, 0.25) is 0 Å². The van der Waals surface area contributed by atoms with E-state index in [0.717, 1.165) is 0 Å². The zero-order valence-corrected chi connectivity index (χ0v) is 27.1. The number of pyridine rings is 3. The van der Waals surface area contributed by atoms with Crippen molar-refractivity contribution in [3.63, 3.8) is 0 Å². The summed E-state index contributed by atoms with van der Waals surface area (Å²) in [5.74, 6) is -3.78. The highest BCUT2D eigenvalue weighted by molar-refractivity contribution is 5.98. The van der Waals surface area contributed by atoms with Gasteiger partial charge in [-0.3, -0.25) is 43.7 Å². The zero-order chi connectivity index (χ0) is 37.0. The maximum atomic E-state index is 12.5. The average molecular weight is 696 g/mol. The summed E-state index contributed by atoms with van der Waals surface area (Å²) in [4.78, 5) is 84.6. The lowest BCUT2D eigenvalue weighted by Gasteiger charge is -2.27. The highest BCUT2D eigenvalue weighted by atomic mass is 16.3. The van der Waals surface area contributed by atoms with Gasteiger partial charge in [-0.15, -0.1) is 0 Å². The van der Waals surface area contributed by atoms with Crippen LogP contribution >= 0.6 is 0 Å². The lowest BCUT2D eigenvalue weighted by Crippen LogP contribution is -2.45. The molecular weight excluding hydrogens is 658 g/mol. The van der Waals surface area contributed by atoms with Gasteiger partial charge >= 0.3 is 0 Å². The van der Waals surface area contributed by atoms with E-state index in [2.05, 4.69) is 46.9 Å². The number of nitrogens with zero attached hydrogens (tertiary/aromatic N) is 3. The first kappa shape index (κ1) is 38.6. The fourth-order valence-electron chi connectivity index (χ4n) is 4.45. The Hall–Kier alpha value is -5.89. The number of nitrogens with one attached hydrogen (secondary N) is 6. The maximum Gasteiger partial charge on any atom is 0.249 e. The highest BCUT2D eigenvalue weighted by Crippen LogP contribution is 2.34. The Morgan fingerprint density at radius 3 is 0.980 bits per heavy atom. The Kier molecular flexibility index (Phi) is 13.5. The molecule has 0 fully saturated rings. The van der Waals surface area contributed by atoms with Crippen LogP contribution in [0.1, 0.15) is 37.9 Å². The molecule has 3 heterocycles. The van der Waals surface area contributed by atoms with Crippen LogP contribution in [0.15, 0.2) is 55.0 Å². The van der Waals surface area contributed by atoms with Crippen molar-refractivity contribution in [2.75, 3.05) is 35.8 Å². The van der Waals surface area contributed by atoms with Gasteiger partial charge in [-0.2, -0.15) is 0 Å². The molecule has 3 aromatic rings. The molecule has 0 saturated carbocycles. The lowest BCUT2D eigenvalue weighted by atomic mass is 9.89. The maximum absolute atomic E-state index is 12.5. The SMILES string of the molecule is CC(=O)N[C@H](CO)C(=O)Nc1ccc(C(O)(c2ccc(NC(=O)[C@@H](CO)NC(C)=O)cn2)c2ccc(NC(=O)[C@@H](CO)NC(C)=O)cn2)nc1. The second-order valence-corrected chi connectivity index (χ2v) is 10.8. The molecular formula is C31H37N9O10. The number of anilines is 3. The Bertz CT molecular complexity index is 1490. The molecule has 0 saturated heterocycles. The van der Waals surface area contributed by atoms with Gasteiger partial charge in [0, 0.05) is 20.8 Å². The van der Waals surface area contributed by atoms with Gasteiger partial charge in [0.2, 0.25) is 35.4 Å². The third-order valence-electron chi connectivity index (χ3n) is 6.83. The minimum atomic E-state index is -2.19. The van der Waals surface area contributed by atoms with E-state index >= 15 is 0 Å². The number of carbonyl (C=O) groups is 6. The van der Waals surface area contributed by atoms with E-state index in [1.165, 1.54) is 75.8 Å². The Balaban J connectivity index is 1.97. The van der Waals surface area contributed by atoms with Gasteiger partial charge in [0.25, 0.3) is 0 Å². The summed E-state index contributed by atoms with van der Waals surface area (Å²) < 4.78 is 0. The van der Waals surface area contributed by atoms with Gasteiger partial charge in [0.1, 0.15) is 18.1 Å². The highest BCUT2D eigenvalue weighted by Gasteiger charge is 2.39. The number of aliphatic hydroxyl groups excluding tert-OH is 3. The third kappa shape index (κ3) is 10.1. The number of carbonyl (C=O) groups excluding carboxylic acids is 6. The molecule has 0 bridgehead atoms. The fourth-order valence-corrected chi connectivity index (χ4v) is 4.45. The number of aromatic nitrogens is 3. The predicted molar refractivity (Wildman–Crippen MR) is 175 cm³/mol. The van der Waals surface area contributed by atoms with Crippen molar-refractivity contribution in [2.45, 2.75) is 44.5 Å². The quantitative estimate of drug-likeness (QED) is 0.0785. The monoisotopic (exact) mass is 695 g/mol. The van der Waals surface area contributed by atoms with Gasteiger partial charge in [0.15, 0.2) is 5.60 Å². The van der Waals surface area contributed by atoms with Crippen LogP contribution in [0.5, 0.6) is 0 Å². The van der Waals surface area contributed by atoms with Crippen LogP contribution in [0.4, 0.5) is 17.1 Å². The minimum absolute atomic E-state index is 0.0401. The van der Waals surface area contributed by atoms with E-state index in [9.17, 15) is 49.2 Å². The molecule has 0 unspecified atom stereocenters. The molecule has 50 heavy (non-hydrogen) atoms. The molecule has 0 aliphatic carbocycles. The van der Waals surface area contributed by atoms with E-state index in [-0.39, 0.29) is 34.1 Å². The molecule has 0 spiro atoms. The van der Waals surface area contributed by atoms with Crippen molar-refractivity contribution in [2.24, 2.45) is 0 Å². The van der Waals surface area contributed by atoms with E-state index in [1.54, 1.807) is 0 Å². The third-order valence-corrected chi connectivity index (χ3v) is 6.83. The number of aliphatic hydroxyl groups is 4. The van der Waals surface area contributed by atoms with Crippen LogP contribution in [0.3, 0.4) is 0 Å². The summed E-state index contributed by atoms with van der Waals surface area (Å²) in [7, 11) is 0. The Morgan fingerprint density at radius 2 is 0.800 bits per heavy atom.